The van der Waals surface area contributed by atoms with Gasteiger partial charge in [-0.05, 0) is 74.1 Å². The molecule has 0 bridgehead atoms. The lowest BCUT2D eigenvalue weighted by atomic mass is 10.0. The van der Waals surface area contributed by atoms with Crippen LogP contribution in [0.25, 0.3) is 0 Å². The normalized spacial score (nSPS) is 21.8. The summed E-state index contributed by atoms with van der Waals surface area (Å²) in [7, 11) is 1.00. The second-order valence-electron chi connectivity index (χ2n) is 10.9. The molecule has 2 unspecified atom stereocenters. The number of alkyl carbamates (subject to hydrolysis) is 2. The predicted molar refractivity (Wildman–Crippen MR) is 134 cm³/mol. The quantitative estimate of drug-likeness (QED) is 0.366. The summed E-state index contributed by atoms with van der Waals surface area (Å²) in [6, 6.07) is 0. The number of esters is 1. The molecule has 1 saturated heterocycles. The molecule has 1 heterocycles. The Balaban J connectivity index is 0.000000628. The number of hydrogen-bond donors (Lipinski definition) is 2. The first kappa shape index (κ1) is 33.1. The Morgan fingerprint density at radius 1 is 0.829 bits per heavy atom. The SMILES string of the molecule is CC(C)(C)OC(=O)NC(=O)OC(C)(C)C.CC1CC(OC2CCCC2)CCCCCC(=O)O1.CO. The van der Waals surface area contributed by atoms with Gasteiger partial charge in [0.05, 0.1) is 12.2 Å². The third-order valence-corrected chi connectivity index (χ3v) is 5.02. The van der Waals surface area contributed by atoms with Gasteiger partial charge in [-0.2, -0.15) is 0 Å². The first-order chi connectivity index (χ1) is 16.2. The van der Waals surface area contributed by atoms with E-state index in [0.717, 1.165) is 32.8 Å². The summed E-state index contributed by atoms with van der Waals surface area (Å²) in [5, 5.41) is 8.97. The van der Waals surface area contributed by atoms with Gasteiger partial charge in [0.1, 0.15) is 17.3 Å². The highest BCUT2D eigenvalue weighted by molar-refractivity contribution is 5.87. The van der Waals surface area contributed by atoms with Gasteiger partial charge in [0.25, 0.3) is 0 Å². The van der Waals surface area contributed by atoms with Crippen LogP contribution in [0.15, 0.2) is 0 Å². The van der Waals surface area contributed by atoms with E-state index in [1.165, 1.54) is 32.1 Å². The molecule has 2 N–H and O–H groups in total. The van der Waals surface area contributed by atoms with Crippen LogP contribution in [0.3, 0.4) is 0 Å². The molecule has 35 heavy (non-hydrogen) atoms. The molecule has 0 aromatic carbocycles. The Labute approximate surface area is 211 Å². The molecule has 9 nitrogen and oxygen atoms in total. The highest BCUT2D eigenvalue weighted by atomic mass is 16.6. The third kappa shape index (κ3) is 19.0. The Kier molecular flexibility index (Phi) is 15.8. The number of carbonyl (C=O) groups is 3. The molecule has 0 aromatic heterocycles. The fourth-order valence-corrected chi connectivity index (χ4v) is 3.75. The number of aliphatic hydroxyl groups is 1. The van der Waals surface area contributed by atoms with Gasteiger partial charge >= 0.3 is 18.2 Å². The Morgan fingerprint density at radius 3 is 1.77 bits per heavy atom. The Bertz CT molecular complexity index is 592. The van der Waals surface area contributed by atoms with Gasteiger partial charge in [-0.15, -0.1) is 0 Å². The molecule has 0 spiro atoms. The minimum absolute atomic E-state index is 0.00185. The fraction of sp³-hybridized carbons (Fsp3) is 0.885. The Hall–Kier alpha value is -1.87. The summed E-state index contributed by atoms with van der Waals surface area (Å²) in [5.41, 5.74) is -1.27. The fourth-order valence-electron chi connectivity index (χ4n) is 3.75. The highest BCUT2D eigenvalue weighted by Crippen LogP contribution is 2.26. The van der Waals surface area contributed by atoms with Crippen molar-refractivity contribution in [2.45, 2.75) is 142 Å². The summed E-state index contributed by atoms with van der Waals surface area (Å²) >= 11 is 0. The number of hydrogen-bond acceptors (Lipinski definition) is 8. The molecule has 1 aliphatic heterocycles. The van der Waals surface area contributed by atoms with Crippen molar-refractivity contribution in [2.75, 3.05) is 7.11 Å². The number of aliphatic hydroxyl groups excluding tert-OH is 1. The minimum Gasteiger partial charge on any atom is -0.463 e. The van der Waals surface area contributed by atoms with Gasteiger partial charge in [-0.3, -0.25) is 4.79 Å². The molecule has 9 heteroatoms. The van der Waals surface area contributed by atoms with Crippen LogP contribution in [0.4, 0.5) is 9.59 Å². The monoisotopic (exact) mass is 503 g/mol. The topological polar surface area (TPSA) is 120 Å². The van der Waals surface area contributed by atoms with Crippen molar-refractivity contribution < 1.29 is 38.4 Å². The molecule has 2 amide bonds. The minimum atomic E-state index is -0.809. The van der Waals surface area contributed by atoms with Crippen molar-refractivity contribution in [1.82, 2.24) is 5.32 Å². The maximum atomic E-state index is 11.5. The van der Waals surface area contributed by atoms with E-state index in [1.807, 2.05) is 12.2 Å². The van der Waals surface area contributed by atoms with E-state index in [1.54, 1.807) is 41.5 Å². The number of imide groups is 1. The molecule has 2 rings (SSSR count). The molecular formula is C26H49NO8. The van der Waals surface area contributed by atoms with E-state index in [0.29, 0.717) is 12.5 Å². The average Bonchev–Trinajstić information content (AvgIpc) is 3.19. The van der Waals surface area contributed by atoms with E-state index in [9.17, 15) is 14.4 Å². The summed E-state index contributed by atoms with van der Waals surface area (Å²) in [6.45, 7) is 12.3. The van der Waals surface area contributed by atoms with Crippen molar-refractivity contribution in [2.24, 2.45) is 0 Å². The molecule has 2 aliphatic rings. The lowest BCUT2D eigenvalue weighted by Gasteiger charge is -2.26. The lowest BCUT2D eigenvalue weighted by molar-refractivity contribution is -0.151. The van der Waals surface area contributed by atoms with Crippen LogP contribution >= 0.6 is 0 Å². The van der Waals surface area contributed by atoms with E-state index in [4.69, 9.17) is 24.1 Å². The van der Waals surface area contributed by atoms with Crippen molar-refractivity contribution in [3.8, 4) is 0 Å². The predicted octanol–water partition coefficient (Wildman–Crippen LogP) is 5.65. The molecule has 0 aromatic rings. The molecule has 2 fully saturated rings. The summed E-state index contributed by atoms with van der Waals surface area (Å²) < 4.78 is 21.3. The zero-order valence-corrected chi connectivity index (χ0v) is 23.1. The number of carbonyl (C=O) groups excluding carboxylic acids is 3. The number of nitrogens with one attached hydrogen (secondary N) is 1. The van der Waals surface area contributed by atoms with E-state index in [2.05, 4.69) is 0 Å². The van der Waals surface area contributed by atoms with Crippen molar-refractivity contribution >= 4 is 18.2 Å². The van der Waals surface area contributed by atoms with Gasteiger partial charge in [-0.25, -0.2) is 14.9 Å². The van der Waals surface area contributed by atoms with Crippen LogP contribution in [-0.4, -0.2) is 59.9 Å². The average molecular weight is 504 g/mol. The number of cyclic esters (lactones) is 1. The second kappa shape index (κ2) is 16.7. The van der Waals surface area contributed by atoms with E-state index >= 15 is 0 Å². The maximum absolute atomic E-state index is 11.5. The zero-order chi connectivity index (χ0) is 27.1. The highest BCUT2D eigenvalue weighted by Gasteiger charge is 2.24. The van der Waals surface area contributed by atoms with Crippen LogP contribution in [-0.2, 0) is 23.7 Å². The number of rotatable bonds is 2. The standard InChI is InChI=1S/C15H26O3.C10H19NO4.CH4O/c1-12-11-14(18-13-7-5-6-8-13)9-3-2-4-10-15(16)17-12;1-9(2,3)14-7(12)11-8(13)15-10(4,5)6;1-2/h12-14H,2-11H2,1H3;1-6H3,(H,11,12,13);2H,1H3. The largest absolute Gasteiger partial charge is 0.463 e. The van der Waals surface area contributed by atoms with Gasteiger partial charge < -0.3 is 24.1 Å². The number of ether oxygens (including phenoxy) is 4. The Morgan fingerprint density at radius 2 is 1.29 bits per heavy atom. The summed E-state index contributed by atoms with van der Waals surface area (Å²) in [6.07, 6.45) is 10.00. The molecule has 206 valence electrons. The van der Waals surface area contributed by atoms with Gasteiger partial charge in [0.2, 0.25) is 0 Å². The molecular weight excluding hydrogens is 454 g/mol. The van der Waals surface area contributed by atoms with Crippen LogP contribution in [0.2, 0.25) is 0 Å². The first-order valence-electron chi connectivity index (χ1n) is 12.8. The van der Waals surface area contributed by atoms with Crippen LogP contribution < -0.4 is 5.32 Å². The van der Waals surface area contributed by atoms with Gasteiger partial charge in [0.15, 0.2) is 0 Å². The van der Waals surface area contributed by atoms with Crippen molar-refractivity contribution in [1.29, 1.82) is 0 Å². The maximum Gasteiger partial charge on any atom is 0.417 e. The third-order valence-electron chi connectivity index (χ3n) is 5.02. The van der Waals surface area contributed by atoms with Crippen molar-refractivity contribution in [3.63, 3.8) is 0 Å². The molecule has 2 atom stereocenters. The van der Waals surface area contributed by atoms with Gasteiger partial charge in [-0.1, -0.05) is 25.7 Å². The first-order valence-corrected chi connectivity index (χ1v) is 12.8. The van der Waals surface area contributed by atoms with E-state index < -0.39 is 23.4 Å². The lowest BCUT2D eigenvalue weighted by Crippen LogP contribution is -2.39. The zero-order valence-electron chi connectivity index (χ0n) is 23.1. The second-order valence-corrected chi connectivity index (χ2v) is 10.9. The van der Waals surface area contributed by atoms with Crippen LogP contribution in [0, 0.1) is 0 Å². The molecule has 0 radical (unpaired) electrons. The van der Waals surface area contributed by atoms with Crippen LogP contribution in [0.5, 0.6) is 0 Å². The summed E-state index contributed by atoms with van der Waals surface area (Å²) in [4.78, 5) is 33.7. The van der Waals surface area contributed by atoms with Gasteiger partial charge in [0, 0.05) is 20.0 Å². The van der Waals surface area contributed by atoms with Crippen molar-refractivity contribution in [3.05, 3.63) is 0 Å². The summed E-state index contributed by atoms with van der Waals surface area (Å²) in [5.74, 6) is -0.0379. The smallest absolute Gasteiger partial charge is 0.417 e. The molecule has 1 aliphatic carbocycles. The number of amides is 2. The van der Waals surface area contributed by atoms with E-state index in [-0.39, 0.29) is 18.2 Å². The molecule has 1 saturated carbocycles. The van der Waals surface area contributed by atoms with Crippen LogP contribution in [0.1, 0.15) is 113 Å².